The van der Waals surface area contributed by atoms with E-state index in [1.54, 1.807) is 35.0 Å². The molecule has 1 atom stereocenters. The molecule has 28 heavy (non-hydrogen) atoms. The van der Waals surface area contributed by atoms with Crippen LogP contribution < -0.4 is 9.47 Å². The Morgan fingerprint density at radius 3 is 2.64 bits per heavy atom. The van der Waals surface area contributed by atoms with Crippen LogP contribution in [0.5, 0.6) is 11.5 Å². The van der Waals surface area contributed by atoms with Crippen LogP contribution in [-0.2, 0) is 4.74 Å². The molecule has 7 nitrogen and oxygen atoms in total. The molecule has 2 aliphatic rings. The summed E-state index contributed by atoms with van der Waals surface area (Å²) in [5, 5.41) is 0. The van der Waals surface area contributed by atoms with E-state index in [0.717, 1.165) is 12.8 Å². The van der Waals surface area contributed by atoms with E-state index in [9.17, 15) is 9.59 Å². The fourth-order valence-corrected chi connectivity index (χ4v) is 3.57. The van der Waals surface area contributed by atoms with Gasteiger partial charge in [-0.3, -0.25) is 4.79 Å². The number of nitrogens with zero attached hydrogens (tertiary/aromatic N) is 2. The molecule has 1 fully saturated rings. The molecule has 0 aliphatic carbocycles. The molecule has 0 N–H and O–H groups in total. The number of fused-ring (bicyclic) bond motifs is 1. The highest BCUT2D eigenvalue weighted by Crippen LogP contribution is 2.31. The molecule has 0 aromatic heterocycles. The molecular weight excluding hydrogens is 360 g/mol. The van der Waals surface area contributed by atoms with Crippen LogP contribution in [0.3, 0.4) is 0 Å². The summed E-state index contributed by atoms with van der Waals surface area (Å²) in [7, 11) is 1.80. The van der Waals surface area contributed by atoms with E-state index < -0.39 is 5.60 Å². The summed E-state index contributed by atoms with van der Waals surface area (Å²) in [4.78, 5) is 28.6. The Hall–Kier alpha value is -2.44. The van der Waals surface area contributed by atoms with Crippen molar-refractivity contribution in [2.75, 3.05) is 39.9 Å². The standard InChI is InChI=1S/C21H30N2O5/c1-21(2,3)28-20(25)23-9-5-6-15(14-23)13-22(4)19(24)16-7-8-17-18(12-16)27-11-10-26-17/h7-8,12,15H,5-6,9-11,13-14H2,1-4H3/t15-/m1/s1. The molecule has 0 radical (unpaired) electrons. The number of ether oxygens (including phenoxy) is 3. The van der Waals surface area contributed by atoms with Gasteiger partial charge in [-0.15, -0.1) is 0 Å². The Morgan fingerprint density at radius 2 is 1.93 bits per heavy atom. The van der Waals surface area contributed by atoms with Gasteiger partial charge in [0.15, 0.2) is 11.5 Å². The summed E-state index contributed by atoms with van der Waals surface area (Å²) >= 11 is 0. The van der Waals surface area contributed by atoms with Crippen molar-refractivity contribution in [3.8, 4) is 11.5 Å². The molecular formula is C21H30N2O5. The highest BCUT2D eigenvalue weighted by atomic mass is 16.6. The zero-order valence-electron chi connectivity index (χ0n) is 17.2. The van der Waals surface area contributed by atoms with Crippen LogP contribution in [0, 0.1) is 5.92 Å². The summed E-state index contributed by atoms with van der Waals surface area (Å²) in [6, 6.07) is 5.28. The maximum absolute atomic E-state index is 12.8. The lowest BCUT2D eigenvalue weighted by atomic mass is 9.97. The van der Waals surface area contributed by atoms with Gasteiger partial charge in [-0.25, -0.2) is 4.79 Å². The Labute approximate surface area is 166 Å². The van der Waals surface area contributed by atoms with E-state index in [1.807, 2.05) is 20.8 Å². The van der Waals surface area contributed by atoms with Crippen LogP contribution in [0.15, 0.2) is 18.2 Å². The third-order valence-corrected chi connectivity index (χ3v) is 4.84. The second kappa shape index (κ2) is 8.29. The molecule has 2 amide bonds. The predicted octanol–water partition coefficient (Wildman–Crippen LogP) is 3.18. The van der Waals surface area contributed by atoms with Crippen molar-refractivity contribution in [3.63, 3.8) is 0 Å². The highest BCUT2D eigenvalue weighted by Gasteiger charge is 2.29. The second-order valence-electron chi connectivity index (χ2n) is 8.48. The van der Waals surface area contributed by atoms with Gasteiger partial charge < -0.3 is 24.0 Å². The van der Waals surface area contributed by atoms with Crippen LogP contribution in [0.4, 0.5) is 4.79 Å². The number of likely N-dealkylation sites (tertiary alicyclic amines) is 1. The first-order valence-electron chi connectivity index (χ1n) is 9.86. The molecule has 3 rings (SSSR count). The molecule has 1 aromatic carbocycles. The minimum absolute atomic E-state index is 0.0636. The Balaban J connectivity index is 1.58. The average molecular weight is 390 g/mol. The monoisotopic (exact) mass is 390 g/mol. The Morgan fingerprint density at radius 1 is 1.21 bits per heavy atom. The van der Waals surface area contributed by atoms with E-state index in [-0.39, 0.29) is 17.9 Å². The highest BCUT2D eigenvalue weighted by molar-refractivity contribution is 5.94. The molecule has 2 aliphatic heterocycles. The van der Waals surface area contributed by atoms with Crippen LogP contribution in [-0.4, -0.2) is 67.3 Å². The lowest BCUT2D eigenvalue weighted by Gasteiger charge is -2.35. The number of hydrogen-bond acceptors (Lipinski definition) is 5. The first kappa shape index (κ1) is 20.3. The van der Waals surface area contributed by atoms with Crippen molar-refractivity contribution in [2.24, 2.45) is 5.92 Å². The summed E-state index contributed by atoms with van der Waals surface area (Å²) in [6.45, 7) is 8.51. The van der Waals surface area contributed by atoms with Crippen LogP contribution in [0.25, 0.3) is 0 Å². The minimum Gasteiger partial charge on any atom is -0.486 e. The number of amides is 2. The van der Waals surface area contributed by atoms with Crippen LogP contribution >= 0.6 is 0 Å². The van der Waals surface area contributed by atoms with E-state index in [4.69, 9.17) is 14.2 Å². The van der Waals surface area contributed by atoms with Gasteiger partial charge in [-0.1, -0.05) is 0 Å². The SMILES string of the molecule is CN(C[C@H]1CCCN(C(=O)OC(C)(C)C)C1)C(=O)c1ccc2c(c1)OCCO2. The number of hydrogen-bond donors (Lipinski definition) is 0. The summed E-state index contributed by atoms with van der Waals surface area (Å²) in [5.41, 5.74) is 0.0706. The topological polar surface area (TPSA) is 68.3 Å². The zero-order chi connectivity index (χ0) is 20.3. The first-order chi connectivity index (χ1) is 13.2. The number of benzene rings is 1. The molecule has 0 saturated carbocycles. The van der Waals surface area contributed by atoms with E-state index in [2.05, 4.69) is 0 Å². The van der Waals surface area contributed by atoms with Crippen molar-refractivity contribution < 1.29 is 23.8 Å². The third kappa shape index (κ3) is 5.09. The lowest BCUT2D eigenvalue weighted by Crippen LogP contribution is -2.45. The van der Waals surface area contributed by atoms with Crippen LogP contribution in [0.2, 0.25) is 0 Å². The van der Waals surface area contributed by atoms with E-state index >= 15 is 0 Å². The minimum atomic E-state index is -0.505. The second-order valence-corrected chi connectivity index (χ2v) is 8.48. The van der Waals surface area contributed by atoms with Crippen molar-refractivity contribution in [1.29, 1.82) is 0 Å². The molecule has 0 bridgehead atoms. The van der Waals surface area contributed by atoms with E-state index in [0.29, 0.717) is 49.9 Å². The number of rotatable bonds is 3. The smallest absolute Gasteiger partial charge is 0.410 e. The molecule has 154 valence electrons. The fourth-order valence-electron chi connectivity index (χ4n) is 3.57. The van der Waals surface area contributed by atoms with Gasteiger partial charge in [0, 0.05) is 32.2 Å². The van der Waals surface area contributed by atoms with Gasteiger partial charge in [0.05, 0.1) is 0 Å². The molecule has 2 heterocycles. The average Bonchev–Trinajstić information content (AvgIpc) is 2.66. The maximum atomic E-state index is 12.8. The van der Waals surface area contributed by atoms with Gasteiger partial charge in [0.1, 0.15) is 18.8 Å². The first-order valence-corrected chi connectivity index (χ1v) is 9.86. The van der Waals surface area contributed by atoms with Crippen LogP contribution in [0.1, 0.15) is 44.0 Å². The third-order valence-electron chi connectivity index (χ3n) is 4.84. The number of carbonyl (C=O) groups excluding carboxylic acids is 2. The summed E-state index contributed by atoms with van der Waals surface area (Å²) in [5.74, 6) is 1.45. The van der Waals surface area contributed by atoms with Crippen molar-refractivity contribution in [2.45, 2.75) is 39.2 Å². The lowest BCUT2D eigenvalue weighted by molar-refractivity contribution is 0.0151. The van der Waals surface area contributed by atoms with Gasteiger partial charge in [-0.2, -0.15) is 0 Å². The molecule has 1 aromatic rings. The fraction of sp³-hybridized carbons (Fsp3) is 0.619. The molecule has 7 heteroatoms. The summed E-state index contributed by atoms with van der Waals surface area (Å²) < 4.78 is 16.6. The quantitative estimate of drug-likeness (QED) is 0.793. The number of piperidine rings is 1. The molecule has 0 unspecified atom stereocenters. The molecule has 1 saturated heterocycles. The molecule has 0 spiro atoms. The predicted molar refractivity (Wildman–Crippen MR) is 105 cm³/mol. The van der Waals surface area contributed by atoms with Gasteiger partial charge in [0.25, 0.3) is 5.91 Å². The van der Waals surface area contributed by atoms with Gasteiger partial charge in [-0.05, 0) is 57.7 Å². The van der Waals surface area contributed by atoms with E-state index in [1.165, 1.54) is 0 Å². The van der Waals surface area contributed by atoms with Crippen molar-refractivity contribution >= 4 is 12.0 Å². The van der Waals surface area contributed by atoms with Gasteiger partial charge in [0.2, 0.25) is 0 Å². The van der Waals surface area contributed by atoms with Crippen molar-refractivity contribution in [3.05, 3.63) is 23.8 Å². The Bertz CT molecular complexity index is 728. The zero-order valence-corrected chi connectivity index (χ0v) is 17.2. The summed E-state index contributed by atoms with van der Waals surface area (Å²) in [6.07, 6.45) is 1.62. The van der Waals surface area contributed by atoms with Crippen molar-refractivity contribution in [1.82, 2.24) is 9.80 Å². The largest absolute Gasteiger partial charge is 0.486 e. The Kier molecular flexibility index (Phi) is 6.01. The normalized spacial score (nSPS) is 19.1. The maximum Gasteiger partial charge on any atom is 0.410 e. The van der Waals surface area contributed by atoms with Gasteiger partial charge >= 0.3 is 6.09 Å². The number of carbonyl (C=O) groups is 2.